The number of hydrogen-bond donors (Lipinski definition) is 2. The quantitative estimate of drug-likeness (QED) is 0.0272. The number of nitrogens with zero attached hydrogens (tertiary/aromatic N) is 1. The summed E-state index contributed by atoms with van der Waals surface area (Å²) in [5.41, 5.74) is 0. The molecule has 0 saturated heterocycles. The molecule has 0 radical (unpaired) electrons. The van der Waals surface area contributed by atoms with E-state index in [0.717, 1.165) is 44.9 Å². The van der Waals surface area contributed by atoms with E-state index >= 15 is 0 Å². The normalized spacial score (nSPS) is 14.2. The van der Waals surface area contributed by atoms with E-state index in [2.05, 4.69) is 43.5 Å². The SMILES string of the molecule is CCCCCCCCCCCCCCCC/C=C/CC/C=C/CC/C=C/C(O)C(COP(=O)([O-])OCC[N+](C)(C)C)NC(=O)CCCCCCCCCCCCCCCCCCCCCC. The summed E-state index contributed by atoms with van der Waals surface area (Å²) in [7, 11) is 1.24. The van der Waals surface area contributed by atoms with Crippen molar-refractivity contribution >= 4 is 13.7 Å². The molecule has 0 aliphatic rings. The van der Waals surface area contributed by atoms with E-state index in [1.54, 1.807) is 6.08 Å². The number of carbonyl (C=O) groups is 1. The lowest BCUT2D eigenvalue weighted by atomic mass is 10.0. The molecule has 0 saturated carbocycles. The summed E-state index contributed by atoms with van der Waals surface area (Å²) in [6, 6.07) is -0.907. The number of hydrogen-bond acceptors (Lipinski definition) is 6. The van der Waals surface area contributed by atoms with Crippen LogP contribution in [-0.2, 0) is 18.4 Å². The summed E-state index contributed by atoms with van der Waals surface area (Å²) in [5.74, 6) is -0.207. The van der Waals surface area contributed by atoms with Gasteiger partial charge in [0.2, 0.25) is 5.91 Å². The van der Waals surface area contributed by atoms with Crippen molar-refractivity contribution in [2.75, 3.05) is 40.9 Å². The molecule has 0 fully saturated rings. The van der Waals surface area contributed by atoms with Crippen molar-refractivity contribution in [1.82, 2.24) is 5.32 Å². The van der Waals surface area contributed by atoms with E-state index < -0.39 is 26.6 Å². The lowest BCUT2D eigenvalue weighted by Gasteiger charge is -2.29. The summed E-state index contributed by atoms with van der Waals surface area (Å²) < 4.78 is 23.3. The smallest absolute Gasteiger partial charge is 0.268 e. The number of quaternary nitrogens is 1. The van der Waals surface area contributed by atoms with Crippen LogP contribution >= 0.6 is 7.82 Å². The lowest BCUT2D eigenvalue weighted by Crippen LogP contribution is -2.45. The van der Waals surface area contributed by atoms with Crippen LogP contribution in [-0.4, -0.2) is 68.5 Å². The van der Waals surface area contributed by atoms with Crippen molar-refractivity contribution in [1.29, 1.82) is 0 Å². The van der Waals surface area contributed by atoms with Gasteiger partial charge >= 0.3 is 0 Å². The molecule has 0 aromatic rings. The topological polar surface area (TPSA) is 108 Å². The van der Waals surface area contributed by atoms with E-state index in [0.29, 0.717) is 17.4 Å². The molecule has 390 valence electrons. The summed E-state index contributed by atoms with van der Waals surface area (Å²) in [6.45, 7) is 4.66. The minimum atomic E-state index is -4.61. The number of allylic oxidation sites excluding steroid dienone is 5. The van der Waals surface area contributed by atoms with Crippen molar-refractivity contribution < 1.29 is 32.9 Å². The second-order valence-electron chi connectivity index (χ2n) is 20.6. The second-order valence-corrected chi connectivity index (χ2v) is 22.0. The Labute approximate surface area is 410 Å². The zero-order valence-electron chi connectivity index (χ0n) is 44.4. The zero-order valence-corrected chi connectivity index (χ0v) is 45.3. The Morgan fingerprint density at radius 2 is 0.848 bits per heavy atom. The third-order valence-corrected chi connectivity index (χ3v) is 13.8. The van der Waals surface area contributed by atoms with Gasteiger partial charge in [0.25, 0.3) is 7.82 Å². The van der Waals surface area contributed by atoms with Gasteiger partial charge in [-0.3, -0.25) is 9.36 Å². The van der Waals surface area contributed by atoms with Crippen molar-refractivity contribution in [2.45, 2.75) is 283 Å². The van der Waals surface area contributed by atoms with Gasteiger partial charge in [-0.15, -0.1) is 0 Å². The Kier molecular flexibility index (Phi) is 47.8. The number of rotatable bonds is 52. The van der Waals surface area contributed by atoms with Crippen LogP contribution in [0.15, 0.2) is 36.5 Å². The van der Waals surface area contributed by atoms with Crippen LogP contribution in [0.3, 0.4) is 0 Å². The molecule has 9 heteroatoms. The molecule has 0 aliphatic heterocycles. The molecule has 0 rings (SSSR count). The number of phosphoric ester groups is 1. The number of aliphatic hydroxyl groups excluding tert-OH is 1. The largest absolute Gasteiger partial charge is 0.756 e. The highest BCUT2D eigenvalue weighted by molar-refractivity contribution is 7.45. The van der Waals surface area contributed by atoms with E-state index in [9.17, 15) is 19.4 Å². The fraction of sp³-hybridized carbons (Fsp3) is 0.877. The Morgan fingerprint density at radius 3 is 1.23 bits per heavy atom. The van der Waals surface area contributed by atoms with E-state index in [-0.39, 0.29) is 12.5 Å². The number of amides is 1. The fourth-order valence-electron chi connectivity index (χ4n) is 8.36. The number of unbranched alkanes of at least 4 members (excludes halogenated alkanes) is 35. The molecule has 0 aromatic heterocycles. The molecule has 0 spiro atoms. The van der Waals surface area contributed by atoms with E-state index in [1.807, 2.05) is 27.2 Å². The van der Waals surface area contributed by atoms with Crippen molar-refractivity contribution in [3.8, 4) is 0 Å². The van der Waals surface area contributed by atoms with E-state index in [4.69, 9.17) is 9.05 Å². The first-order valence-corrected chi connectivity index (χ1v) is 29.8. The molecule has 3 atom stereocenters. The number of nitrogens with one attached hydrogen (secondary N) is 1. The van der Waals surface area contributed by atoms with Crippen LogP contribution in [0, 0.1) is 0 Å². The summed E-state index contributed by atoms with van der Waals surface area (Å²) in [5, 5.41) is 13.9. The Morgan fingerprint density at radius 1 is 0.515 bits per heavy atom. The van der Waals surface area contributed by atoms with Gasteiger partial charge in [0.1, 0.15) is 13.2 Å². The van der Waals surface area contributed by atoms with Gasteiger partial charge < -0.3 is 28.8 Å². The summed E-state index contributed by atoms with van der Waals surface area (Å²) in [6.07, 6.45) is 62.2. The minimum absolute atomic E-state index is 0.00740. The highest BCUT2D eigenvalue weighted by Gasteiger charge is 2.23. The molecular formula is C57H111N2O6P. The Balaban J connectivity index is 4.29. The monoisotopic (exact) mass is 951 g/mol. The average Bonchev–Trinajstić information content (AvgIpc) is 3.28. The molecule has 0 aromatic carbocycles. The molecule has 8 nitrogen and oxygen atoms in total. The van der Waals surface area contributed by atoms with Gasteiger partial charge in [-0.05, 0) is 44.9 Å². The molecule has 1 amide bonds. The zero-order chi connectivity index (χ0) is 48.5. The summed E-state index contributed by atoms with van der Waals surface area (Å²) in [4.78, 5) is 25.5. The standard InChI is InChI=1S/C57H111N2O6P/c1-6-8-10-12-14-16-18-20-22-24-26-28-29-30-31-32-34-36-38-40-42-44-46-48-50-56(60)55(54-65-66(62,63)64-53-52-59(3,4)5)58-57(61)51-49-47-45-43-41-39-37-35-33-27-25-23-21-19-17-15-13-11-9-7-2/h32,34,40,42,48,50,55-56,60H,6-31,33,35-39,41,43-47,49,51-54H2,1-5H3,(H-,58,61,62,63)/b34-32+,42-40+,50-48+. The van der Waals surface area contributed by atoms with Crippen molar-refractivity contribution in [3.63, 3.8) is 0 Å². The van der Waals surface area contributed by atoms with Crippen LogP contribution in [0.4, 0.5) is 0 Å². The van der Waals surface area contributed by atoms with Crippen LogP contribution in [0.5, 0.6) is 0 Å². The number of carbonyl (C=O) groups excluding carboxylic acids is 1. The molecule has 66 heavy (non-hydrogen) atoms. The Hall–Kier alpha value is -1.28. The van der Waals surface area contributed by atoms with Gasteiger partial charge in [0, 0.05) is 6.42 Å². The first kappa shape index (κ1) is 64.7. The average molecular weight is 951 g/mol. The molecule has 0 aliphatic carbocycles. The van der Waals surface area contributed by atoms with Crippen LogP contribution in [0.2, 0.25) is 0 Å². The van der Waals surface area contributed by atoms with Gasteiger partial charge in [-0.25, -0.2) is 0 Å². The van der Waals surface area contributed by atoms with Gasteiger partial charge in [0.15, 0.2) is 0 Å². The fourth-order valence-corrected chi connectivity index (χ4v) is 9.09. The van der Waals surface area contributed by atoms with Gasteiger partial charge in [-0.1, -0.05) is 256 Å². The van der Waals surface area contributed by atoms with Crippen LogP contribution in [0.1, 0.15) is 271 Å². The summed E-state index contributed by atoms with van der Waals surface area (Å²) >= 11 is 0. The van der Waals surface area contributed by atoms with Gasteiger partial charge in [0.05, 0.1) is 39.9 Å². The molecule has 3 unspecified atom stereocenters. The lowest BCUT2D eigenvalue weighted by molar-refractivity contribution is -0.870. The predicted octanol–water partition coefficient (Wildman–Crippen LogP) is 16.4. The highest BCUT2D eigenvalue weighted by atomic mass is 31.2. The minimum Gasteiger partial charge on any atom is -0.756 e. The maximum atomic E-state index is 12.9. The molecule has 0 heterocycles. The number of aliphatic hydroxyl groups is 1. The molecule has 0 bridgehead atoms. The third kappa shape index (κ3) is 50.6. The number of likely N-dealkylation sites (N-methyl/N-ethyl adjacent to an activating group) is 1. The Bertz CT molecular complexity index is 1170. The molecular weight excluding hydrogens is 840 g/mol. The molecule has 2 N–H and O–H groups in total. The maximum absolute atomic E-state index is 12.9. The van der Waals surface area contributed by atoms with Crippen LogP contribution < -0.4 is 10.2 Å². The third-order valence-electron chi connectivity index (χ3n) is 12.8. The van der Waals surface area contributed by atoms with Crippen molar-refractivity contribution in [2.24, 2.45) is 0 Å². The first-order valence-electron chi connectivity index (χ1n) is 28.4. The second kappa shape index (κ2) is 48.7. The van der Waals surface area contributed by atoms with Gasteiger partial charge in [-0.2, -0.15) is 0 Å². The predicted molar refractivity (Wildman–Crippen MR) is 284 cm³/mol. The van der Waals surface area contributed by atoms with Crippen molar-refractivity contribution in [3.05, 3.63) is 36.5 Å². The van der Waals surface area contributed by atoms with Crippen LogP contribution in [0.25, 0.3) is 0 Å². The van der Waals surface area contributed by atoms with E-state index in [1.165, 1.54) is 205 Å². The maximum Gasteiger partial charge on any atom is 0.268 e. The number of phosphoric acid groups is 1. The first-order chi connectivity index (χ1) is 32.0. The highest BCUT2D eigenvalue weighted by Crippen LogP contribution is 2.38.